The van der Waals surface area contributed by atoms with Gasteiger partial charge >= 0.3 is 5.97 Å². The molecule has 0 spiro atoms. The van der Waals surface area contributed by atoms with Gasteiger partial charge in [0.2, 0.25) is 0 Å². The van der Waals surface area contributed by atoms with E-state index in [4.69, 9.17) is 9.47 Å². The quantitative estimate of drug-likeness (QED) is 0.227. The van der Waals surface area contributed by atoms with E-state index in [1.807, 2.05) is 12.1 Å². The average molecular weight is 549 g/mol. The average Bonchev–Trinajstić information content (AvgIpc) is 3.30. The second kappa shape index (κ2) is 11.8. The van der Waals surface area contributed by atoms with Crippen molar-refractivity contribution >= 4 is 5.97 Å². The van der Waals surface area contributed by atoms with Crippen LogP contribution >= 0.6 is 0 Å². The molecule has 1 aromatic carbocycles. The minimum atomic E-state index is -0.205. The zero-order valence-corrected chi connectivity index (χ0v) is 26.5. The summed E-state index contributed by atoms with van der Waals surface area (Å²) in [5.74, 6) is 6.50. The highest BCUT2D eigenvalue weighted by Gasteiger charge is 2.59. The van der Waals surface area contributed by atoms with Gasteiger partial charge < -0.3 is 9.47 Å². The van der Waals surface area contributed by atoms with Crippen LogP contribution < -0.4 is 4.74 Å². The summed E-state index contributed by atoms with van der Waals surface area (Å²) in [6.45, 7) is 15.1. The van der Waals surface area contributed by atoms with Crippen molar-refractivity contribution in [1.29, 1.82) is 0 Å². The van der Waals surface area contributed by atoms with Gasteiger partial charge in [0, 0.05) is 6.42 Å². The Hall–Kier alpha value is -1.77. The van der Waals surface area contributed by atoms with E-state index in [1.54, 1.807) is 24.8 Å². The van der Waals surface area contributed by atoms with Crippen LogP contribution in [0, 0.1) is 52.3 Å². The lowest BCUT2D eigenvalue weighted by molar-refractivity contribution is -0.0596. The van der Waals surface area contributed by atoms with Crippen LogP contribution in [0.5, 0.6) is 5.75 Å². The van der Waals surface area contributed by atoms with Crippen molar-refractivity contribution in [2.75, 3.05) is 7.11 Å². The molecule has 3 nitrogen and oxygen atoms in total. The SMILES string of the molecule is CC[C@H](CC[C@@H](C)[C@H]1CC[C@H]2[C@@H]3CC=C4CC(OC(=O)c5ccc(OC)cc5)CC[C@]4(C)[C@H]3CC[C@]12C)C(C)C. The summed E-state index contributed by atoms with van der Waals surface area (Å²) in [6.07, 6.45) is 16.7. The van der Waals surface area contributed by atoms with E-state index in [2.05, 4.69) is 47.6 Å². The Morgan fingerprint density at radius 2 is 1.73 bits per heavy atom. The molecule has 5 rings (SSSR count). The third-order valence-electron chi connectivity index (χ3n) is 12.9. The molecule has 3 saturated carbocycles. The van der Waals surface area contributed by atoms with Crippen LogP contribution in [0.2, 0.25) is 0 Å². The van der Waals surface area contributed by atoms with Gasteiger partial charge in [-0.3, -0.25) is 0 Å². The van der Waals surface area contributed by atoms with Crippen LogP contribution in [0.15, 0.2) is 35.9 Å². The third kappa shape index (κ3) is 5.40. The first-order chi connectivity index (χ1) is 19.1. The topological polar surface area (TPSA) is 35.5 Å². The predicted molar refractivity (Wildman–Crippen MR) is 164 cm³/mol. The van der Waals surface area contributed by atoms with Gasteiger partial charge in [-0.2, -0.15) is 0 Å². The number of carbonyl (C=O) groups is 1. The van der Waals surface area contributed by atoms with Crippen LogP contribution in [0.3, 0.4) is 0 Å². The number of hydrogen-bond donors (Lipinski definition) is 0. The molecule has 9 atom stereocenters. The summed E-state index contributed by atoms with van der Waals surface area (Å²) in [6, 6.07) is 7.27. The summed E-state index contributed by atoms with van der Waals surface area (Å²) in [7, 11) is 1.64. The normalized spacial score (nSPS) is 36.6. The van der Waals surface area contributed by atoms with Crippen molar-refractivity contribution in [2.45, 2.75) is 118 Å². The number of allylic oxidation sites excluding steroid dienone is 1. The van der Waals surface area contributed by atoms with Gasteiger partial charge in [0.05, 0.1) is 12.7 Å². The first-order valence-corrected chi connectivity index (χ1v) is 16.6. The molecule has 40 heavy (non-hydrogen) atoms. The summed E-state index contributed by atoms with van der Waals surface area (Å²) < 4.78 is 11.3. The van der Waals surface area contributed by atoms with Crippen LogP contribution in [0.1, 0.15) is 123 Å². The maximum atomic E-state index is 12.9. The Labute approximate surface area is 244 Å². The highest BCUT2D eigenvalue weighted by atomic mass is 16.5. The van der Waals surface area contributed by atoms with Crippen molar-refractivity contribution in [1.82, 2.24) is 0 Å². The first-order valence-electron chi connectivity index (χ1n) is 16.6. The smallest absolute Gasteiger partial charge is 0.338 e. The van der Waals surface area contributed by atoms with Crippen molar-refractivity contribution in [2.24, 2.45) is 52.3 Å². The Morgan fingerprint density at radius 1 is 0.975 bits per heavy atom. The number of ether oxygens (including phenoxy) is 2. The number of hydrogen-bond acceptors (Lipinski definition) is 3. The predicted octanol–water partition coefficient (Wildman–Crippen LogP) is 9.90. The molecule has 4 aliphatic rings. The van der Waals surface area contributed by atoms with Gasteiger partial charge in [-0.05, 0) is 128 Å². The largest absolute Gasteiger partial charge is 0.497 e. The monoisotopic (exact) mass is 548 g/mol. The fraction of sp³-hybridized carbons (Fsp3) is 0.757. The summed E-state index contributed by atoms with van der Waals surface area (Å²) in [5.41, 5.74) is 2.99. The van der Waals surface area contributed by atoms with Gasteiger partial charge in [-0.25, -0.2) is 4.79 Å². The van der Waals surface area contributed by atoms with Gasteiger partial charge in [0.25, 0.3) is 0 Å². The molecule has 3 fully saturated rings. The lowest BCUT2D eigenvalue weighted by atomic mass is 9.47. The molecule has 0 N–H and O–H groups in total. The zero-order valence-electron chi connectivity index (χ0n) is 26.5. The molecule has 0 amide bonds. The Morgan fingerprint density at radius 3 is 2.40 bits per heavy atom. The van der Waals surface area contributed by atoms with Gasteiger partial charge in [-0.15, -0.1) is 0 Å². The molecule has 0 aromatic heterocycles. The number of esters is 1. The van der Waals surface area contributed by atoms with Crippen molar-refractivity contribution in [3.63, 3.8) is 0 Å². The van der Waals surface area contributed by atoms with Gasteiger partial charge in [0.15, 0.2) is 0 Å². The van der Waals surface area contributed by atoms with E-state index >= 15 is 0 Å². The molecule has 1 unspecified atom stereocenters. The maximum Gasteiger partial charge on any atom is 0.338 e. The number of benzene rings is 1. The van der Waals surface area contributed by atoms with Crippen LogP contribution in [-0.2, 0) is 4.74 Å². The van der Waals surface area contributed by atoms with E-state index < -0.39 is 0 Å². The number of fused-ring (bicyclic) bond motifs is 5. The molecule has 1 aromatic rings. The van der Waals surface area contributed by atoms with Crippen molar-refractivity contribution in [3.05, 3.63) is 41.5 Å². The molecule has 222 valence electrons. The summed E-state index contributed by atoms with van der Waals surface area (Å²) in [5, 5.41) is 0. The van der Waals surface area contributed by atoms with Crippen molar-refractivity contribution < 1.29 is 14.3 Å². The van der Waals surface area contributed by atoms with E-state index in [0.717, 1.165) is 66.4 Å². The zero-order chi connectivity index (χ0) is 28.7. The lowest BCUT2D eigenvalue weighted by Crippen LogP contribution is -2.51. The molecule has 0 aliphatic heterocycles. The van der Waals surface area contributed by atoms with E-state index in [9.17, 15) is 4.79 Å². The second-order valence-corrected chi connectivity index (χ2v) is 15.0. The van der Waals surface area contributed by atoms with E-state index in [-0.39, 0.29) is 17.5 Å². The second-order valence-electron chi connectivity index (χ2n) is 15.0. The molecule has 3 heteroatoms. The van der Waals surface area contributed by atoms with Crippen LogP contribution in [0.4, 0.5) is 0 Å². The fourth-order valence-corrected chi connectivity index (χ4v) is 10.3. The standard InChI is InChI=1S/C37H56O3/c1-8-26(24(2)3)10-9-25(4)32-17-18-33-31-16-13-28-23-30(40-35(38)27-11-14-29(39-7)15-12-27)19-21-36(28,5)34(31)20-22-37(32,33)6/h11-15,24-26,30-34H,8-10,16-23H2,1-7H3/t25-,26-,30?,31+,32-,33+,34+,36+,37-/m1/s1. The first kappa shape index (κ1) is 29.7. The summed E-state index contributed by atoms with van der Waals surface area (Å²) >= 11 is 0. The fourth-order valence-electron chi connectivity index (χ4n) is 10.3. The van der Waals surface area contributed by atoms with Crippen LogP contribution in [0.25, 0.3) is 0 Å². The third-order valence-corrected chi connectivity index (χ3v) is 12.9. The molecular weight excluding hydrogens is 492 g/mol. The van der Waals surface area contributed by atoms with Crippen molar-refractivity contribution in [3.8, 4) is 5.75 Å². The van der Waals surface area contributed by atoms with Crippen LogP contribution in [-0.4, -0.2) is 19.2 Å². The maximum absolute atomic E-state index is 12.9. The molecule has 0 radical (unpaired) electrons. The van der Waals surface area contributed by atoms with Gasteiger partial charge in [-0.1, -0.05) is 66.0 Å². The minimum Gasteiger partial charge on any atom is -0.497 e. The number of rotatable bonds is 9. The van der Waals surface area contributed by atoms with E-state index in [1.165, 1.54) is 51.4 Å². The Bertz CT molecular complexity index is 1060. The Kier molecular flexibility index (Phi) is 8.80. The number of carbonyl (C=O) groups excluding carboxylic acids is 1. The van der Waals surface area contributed by atoms with Gasteiger partial charge in [0.1, 0.15) is 11.9 Å². The molecule has 4 aliphatic carbocycles. The summed E-state index contributed by atoms with van der Waals surface area (Å²) in [4.78, 5) is 12.9. The minimum absolute atomic E-state index is 0.00571. The van der Waals surface area contributed by atoms with E-state index in [0.29, 0.717) is 11.0 Å². The highest BCUT2D eigenvalue weighted by molar-refractivity contribution is 5.89. The molecule has 0 heterocycles. The molecule has 0 saturated heterocycles. The molecular formula is C37H56O3. The lowest BCUT2D eigenvalue weighted by Gasteiger charge is -2.58. The highest BCUT2D eigenvalue weighted by Crippen LogP contribution is 2.67. The molecule has 0 bridgehead atoms. The Balaban J connectivity index is 1.23. The number of methoxy groups -OCH3 is 1.